The molecule has 0 radical (unpaired) electrons. The van der Waals surface area contributed by atoms with Crippen LogP contribution >= 0.6 is 11.8 Å². The minimum Gasteiger partial charge on any atom is -0.396 e. The fraction of sp³-hybridized carbons (Fsp3) is 0.600. The van der Waals surface area contributed by atoms with Gasteiger partial charge >= 0.3 is 0 Å². The van der Waals surface area contributed by atoms with Crippen molar-refractivity contribution in [3.8, 4) is 0 Å². The summed E-state index contributed by atoms with van der Waals surface area (Å²) >= 11 is 1.81. The summed E-state index contributed by atoms with van der Waals surface area (Å²) < 4.78 is 0. The van der Waals surface area contributed by atoms with Gasteiger partial charge in [-0.2, -0.15) is 11.8 Å². The topological polar surface area (TPSA) is 32.3 Å². The summed E-state index contributed by atoms with van der Waals surface area (Å²) in [6.07, 6.45) is 1.14. The molecule has 0 saturated heterocycles. The van der Waals surface area contributed by atoms with Gasteiger partial charge in [-0.1, -0.05) is 36.2 Å². The molecule has 0 aromatic heterocycles. The molecule has 0 spiro atoms. The van der Waals surface area contributed by atoms with Crippen LogP contribution in [0.1, 0.15) is 36.1 Å². The number of aryl methyl sites for hydroxylation is 2. The Morgan fingerprint density at radius 2 is 1.89 bits per heavy atom. The molecule has 0 aliphatic rings. The summed E-state index contributed by atoms with van der Waals surface area (Å²) in [7, 11) is 0. The van der Waals surface area contributed by atoms with Crippen molar-refractivity contribution in [2.45, 2.75) is 33.2 Å². The van der Waals surface area contributed by atoms with E-state index < -0.39 is 0 Å². The molecule has 18 heavy (non-hydrogen) atoms. The van der Waals surface area contributed by atoms with Crippen molar-refractivity contribution in [2.24, 2.45) is 0 Å². The molecular formula is C15H25NOS. The van der Waals surface area contributed by atoms with Crippen LogP contribution in [0, 0.1) is 13.8 Å². The van der Waals surface area contributed by atoms with E-state index in [2.05, 4.69) is 44.3 Å². The van der Waals surface area contributed by atoms with Gasteiger partial charge in [0.05, 0.1) is 6.61 Å². The zero-order valence-electron chi connectivity index (χ0n) is 11.7. The zero-order chi connectivity index (χ0) is 13.4. The molecule has 2 N–H and O–H groups in total. The van der Waals surface area contributed by atoms with Crippen LogP contribution in [0.4, 0.5) is 0 Å². The molecule has 1 atom stereocenters. The predicted octanol–water partition coefficient (Wildman–Crippen LogP) is 3.07. The molecule has 0 heterocycles. The second kappa shape index (κ2) is 8.57. The standard InChI is InChI=1S/C15H25NOS/c1-4-5-16-15(11-18-7-6-17)14-9-12(2)8-13(3)10-14/h8-10,15-17H,4-7,11H2,1-3H3. The molecule has 1 aromatic carbocycles. The van der Waals surface area contributed by atoms with E-state index in [0.717, 1.165) is 24.5 Å². The van der Waals surface area contributed by atoms with Gasteiger partial charge in [0, 0.05) is 17.5 Å². The van der Waals surface area contributed by atoms with Crippen molar-refractivity contribution in [1.29, 1.82) is 0 Å². The van der Waals surface area contributed by atoms with Crippen molar-refractivity contribution in [2.75, 3.05) is 24.7 Å². The average Bonchev–Trinajstić information content (AvgIpc) is 2.32. The molecule has 3 heteroatoms. The minimum absolute atomic E-state index is 0.262. The second-order valence-corrected chi connectivity index (χ2v) is 5.88. The van der Waals surface area contributed by atoms with E-state index in [0.29, 0.717) is 6.04 Å². The van der Waals surface area contributed by atoms with Gasteiger partial charge < -0.3 is 10.4 Å². The van der Waals surface area contributed by atoms with E-state index in [1.807, 2.05) is 0 Å². The quantitative estimate of drug-likeness (QED) is 0.710. The Morgan fingerprint density at radius 3 is 2.44 bits per heavy atom. The highest BCUT2D eigenvalue weighted by Crippen LogP contribution is 2.21. The van der Waals surface area contributed by atoms with Crippen LogP contribution in [0.2, 0.25) is 0 Å². The van der Waals surface area contributed by atoms with E-state index in [-0.39, 0.29) is 6.61 Å². The summed E-state index contributed by atoms with van der Waals surface area (Å²) in [5, 5.41) is 12.5. The number of hydrogen-bond acceptors (Lipinski definition) is 3. The molecular weight excluding hydrogens is 242 g/mol. The van der Waals surface area contributed by atoms with Gasteiger partial charge in [0.15, 0.2) is 0 Å². The van der Waals surface area contributed by atoms with Crippen LogP contribution in [-0.2, 0) is 0 Å². The van der Waals surface area contributed by atoms with E-state index in [1.165, 1.54) is 16.7 Å². The fourth-order valence-corrected chi connectivity index (χ4v) is 2.91. The van der Waals surface area contributed by atoms with Gasteiger partial charge in [-0.05, 0) is 32.4 Å². The third kappa shape index (κ3) is 5.42. The van der Waals surface area contributed by atoms with Crippen LogP contribution < -0.4 is 5.32 Å². The zero-order valence-corrected chi connectivity index (χ0v) is 12.5. The van der Waals surface area contributed by atoms with Crippen LogP contribution in [0.5, 0.6) is 0 Å². The largest absolute Gasteiger partial charge is 0.396 e. The molecule has 1 unspecified atom stereocenters. The Bertz CT molecular complexity index is 334. The first-order valence-electron chi connectivity index (χ1n) is 6.67. The van der Waals surface area contributed by atoms with Gasteiger partial charge in [0.2, 0.25) is 0 Å². The van der Waals surface area contributed by atoms with Crippen LogP contribution in [-0.4, -0.2) is 29.8 Å². The van der Waals surface area contributed by atoms with Crippen molar-refractivity contribution in [3.63, 3.8) is 0 Å². The summed E-state index contributed by atoms with van der Waals surface area (Å²) in [5.41, 5.74) is 4.01. The van der Waals surface area contributed by atoms with Gasteiger partial charge in [0.25, 0.3) is 0 Å². The highest BCUT2D eigenvalue weighted by molar-refractivity contribution is 7.99. The normalized spacial score (nSPS) is 12.7. The maximum absolute atomic E-state index is 8.87. The van der Waals surface area contributed by atoms with Gasteiger partial charge in [-0.3, -0.25) is 0 Å². The lowest BCUT2D eigenvalue weighted by atomic mass is 10.0. The number of rotatable bonds is 8. The lowest BCUT2D eigenvalue weighted by Crippen LogP contribution is -2.24. The number of nitrogens with one attached hydrogen (secondary N) is 1. The maximum atomic E-state index is 8.87. The van der Waals surface area contributed by atoms with E-state index in [9.17, 15) is 0 Å². The van der Waals surface area contributed by atoms with E-state index in [4.69, 9.17) is 5.11 Å². The first kappa shape index (κ1) is 15.5. The summed E-state index contributed by atoms with van der Waals surface area (Å²) in [5.74, 6) is 1.83. The molecule has 0 bridgehead atoms. The number of benzene rings is 1. The Kier molecular flexibility index (Phi) is 7.40. The molecule has 0 saturated carbocycles. The van der Waals surface area contributed by atoms with Gasteiger partial charge in [-0.25, -0.2) is 0 Å². The molecule has 102 valence electrons. The Hall–Kier alpha value is -0.510. The van der Waals surface area contributed by atoms with Crippen molar-refractivity contribution >= 4 is 11.8 Å². The smallest absolute Gasteiger partial charge is 0.0521 e. The molecule has 1 rings (SSSR count). The van der Waals surface area contributed by atoms with Crippen LogP contribution in [0.15, 0.2) is 18.2 Å². The summed E-state index contributed by atoms with van der Waals surface area (Å²) in [6.45, 7) is 7.78. The highest BCUT2D eigenvalue weighted by atomic mass is 32.2. The van der Waals surface area contributed by atoms with E-state index >= 15 is 0 Å². The predicted molar refractivity (Wildman–Crippen MR) is 81.4 cm³/mol. The highest BCUT2D eigenvalue weighted by Gasteiger charge is 2.11. The van der Waals surface area contributed by atoms with Gasteiger partial charge in [0.1, 0.15) is 0 Å². The summed E-state index contributed by atoms with van der Waals surface area (Å²) in [6, 6.07) is 7.13. The third-order valence-electron chi connectivity index (χ3n) is 2.81. The Labute approximate surface area is 115 Å². The molecule has 0 aliphatic heterocycles. The Balaban J connectivity index is 2.72. The maximum Gasteiger partial charge on any atom is 0.0521 e. The van der Waals surface area contributed by atoms with Crippen molar-refractivity contribution in [3.05, 3.63) is 34.9 Å². The van der Waals surface area contributed by atoms with Crippen molar-refractivity contribution in [1.82, 2.24) is 5.32 Å². The first-order chi connectivity index (χ1) is 8.67. The second-order valence-electron chi connectivity index (χ2n) is 4.73. The van der Waals surface area contributed by atoms with E-state index in [1.54, 1.807) is 11.8 Å². The van der Waals surface area contributed by atoms with Gasteiger partial charge in [-0.15, -0.1) is 0 Å². The molecule has 0 aliphatic carbocycles. The lowest BCUT2D eigenvalue weighted by molar-refractivity contribution is 0.322. The molecule has 2 nitrogen and oxygen atoms in total. The minimum atomic E-state index is 0.262. The number of aliphatic hydroxyl groups is 1. The van der Waals surface area contributed by atoms with Crippen LogP contribution in [0.3, 0.4) is 0 Å². The molecule has 0 amide bonds. The number of aliphatic hydroxyl groups excluding tert-OH is 1. The summed E-state index contributed by atoms with van der Waals surface area (Å²) in [4.78, 5) is 0. The third-order valence-corrected chi connectivity index (χ3v) is 3.85. The average molecular weight is 267 g/mol. The molecule has 1 aromatic rings. The monoisotopic (exact) mass is 267 g/mol. The number of thioether (sulfide) groups is 1. The fourth-order valence-electron chi connectivity index (χ4n) is 2.07. The Morgan fingerprint density at radius 1 is 1.22 bits per heavy atom. The lowest BCUT2D eigenvalue weighted by Gasteiger charge is -2.19. The van der Waals surface area contributed by atoms with Crippen molar-refractivity contribution < 1.29 is 5.11 Å². The van der Waals surface area contributed by atoms with Crippen LogP contribution in [0.25, 0.3) is 0 Å². The molecule has 0 fully saturated rings. The number of hydrogen-bond donors (Lipinski definition) is 2. The SMILES string of the molecule is CCCNC(CSCCO)c1cc(C)cc(C)c1. The first-order valence-corrected chi connectivity index (χ1v) is 7.83.